The normalized spacial score (nSPS) is 29.1. The van der Waals surface area contributed by atoms with E-state index in [9.17, 15) is 0 Å². The first-order valence-corrected chi connectivity index (χ1v) is 6.61. The van der Waals surface area contributed by atoms with Crippen LogP contribution in [0.25, 0.3) is 0 Å². The van der Waals surface area contributed by atoms with Crippen LogP contribution in [0.1, 0.15) is 44.3 Å². The molecule has 72 valence electrons. The Balaban J connectivity index is 2.14. The second-order valence-corrected chi connectivity index (χ2v) is 6.28. The zero-order chi connectivity index (χ0) is 9.26. The van der Waals surface area contributed by atoms with Gasteiger partial charge in [0.05, 0.1) is 0 Å². The Morgan fingerprint density at radius 1 is 1.38 bits per heavy atom. The van der Waals surface area contributed by atoms with Crippen molar-refractivity contribution >= 4 is 34.1 Å². The van der Waals surface area contributed by atoms with Crippen molar-refractivity contribution in [3.63, 3.8) is 0 Å². The monoisotopic (exact) mass is 308 g/mol. The minimum absolute atomic E-state index is 0.633. The molecule has 0 spiro atoms. The summed E-state index contributed by atoms with van der Waals surface area (Å²) in [5, 5.41) is 0. The van der Waals surface area contributed by atoms with Gasteiger partial charge in [-0.2, -0.15) is 4.37 Å². The molecule has 0 aromatic carbocycles. The maximum absolute atomic E-state index is 4.48. The van der Waals surface area contributed by atoms with E-state index in [1.165, 1.54) is 37.2 Å². The van der Waals surface area contributed by atoms with Crippen LogP contribution in [-0.2, 0) is 0 Å². The third-order valence-corrected chi connectivity index (χ3v) is 4.21. The highest BCUT2D eigenvalue weighted by atomic mass is 127. The van der Waals surface area contributed by atoms with Gasteiger partial charge in [0.15, 0.2) is 3.01 Å². The molecule has 0 radical (unpaired) electrons. The number of hydrogen-bond donors (Lipinski definition) is 0. The highest BCUT2D eigenvalue weighted by molar-refractivity contribution is 14.1. The lowest BCUT2D eigenvalue weighted by molar-refractivity contribution is 0.321. The molecule has 2 unspecified atom stereocenters. The molecule has 1 aromatic heterocycles. The molecule has 0 N–H and O–H groups in total. The molecule has 1 aromatic rings. The van der Waals surface area contributed by atoms with E-state index in [4.69, 9.17) is 0 Å². The van der Waals surface area contributed by atoms with E-state index in [-0.39, 0.29) is 0 Å². The first-order chi connectivity index (χ1) is 6.27. The molecule has 2 rings (SSSR count). The van der Waals surface area contributed by atoms with E-state index < -0.39 is 0 Å². The molecule has 0 bridgehead atoms. The third-order valence-electron chi connectivity index (χ3n) is 2.86. The van der Waals surface area contributed by atoms with Gasteiger partial charge < -0.3 is 0 Å². The SMILES string of the molecule is CC1CCCCC1c1nsc(I)n1. The maximum Gasteiger partial charge on any atom is 0.173 e. The smallest absolute Gasteiger partial charge is 0.173 e. The molecule has 2 atom stereocenters. The Bertz CT molecular complexity index is 287. The van der Waals surface area contributed by atoms with Gasteiger partial charge in [-0.25, -0.2) is 4.98 Å². The second kappa shape index (κ2) is 4.21. The molecule has 2 nitrogen and oxygen atoms in total. The van der Waals surface area contributed by atoms with Crippen LogP contribution in [0.15, 0.2) is 0 Å². The Morgan fingerprint density at radius 3 is 2.77 bits per heavy atom. The van der Waals surface area contributed by atoms with Crippen LogP contribution < -0.4 is 0 Å². The molecule has 1 fully saturated rings. The van der Waals surface area contributed by atoms with Crippen LogP contribution in [0.2, 0.25) is 0 Å². The molecule has 1 saturated carbocycles. The topological polar surface area (TPSA) is 25.8 Å². The summed E-state index contributed by atoms with van der Waals surface area (Å²) in [4.78, 5) is 4.48. The predicted molar refractivity (Wildman–Crippen MR) is 63.0 cm³/mol. The van der Waals surface area contributed by atoms with Gasteiger partial charge in [0.2, 0.25) is 0 Å². The van der Waals surface area contributed by atoms with Crippen molar-refractivity contribution in [1.82, 2.24) is 9.36 Å². The zero-order valence-corrected chi connectivity index (χ0v) is 10.6. The molecule has 1 aliphatic rings. The summed E-state index contributed by atoms with van der Waals surface area (Å²) < 4.78 is 5.49. The van der Waals surface area contributed by atoms with Gasteiger partial charge in [-0.1, -0.05) is 26.2 Å². The minimum atomic E-state index is 0.633. The van der Waals surface area contributed by atoms with Gasteiger partial charge in [0.25, 0.3) is 0 Å². The summed E-state index contributed by atoms with van der Waals surface area (Å²) in [7, 11) is 0. The van der Waals surface area contributed by atoms with E-state index in [1.54, 1.807) is 0 Å². The van der Waals surface area contributed by atoms with Gasteiger partial charge in [0, 0.05) is 5.92 Å². The second-order valence-electron chi connectivity index (χ2n) is 3.77. The van der Waals surface area contributed by atoms with Crippen LogP contribution in [0.4, 0.5) is 0 Å². The molecule has 4 heteroatoms. The summed E-state index contributed by atoms with van der Waals surface area (Å²) in [5.41, 5.74) is 0. The summed E-state index contributed by atoms with van der Waals surface area (Å²) in [6.07, 6.45) is 5.37. The lowest BCUT2D eigenvalue weighted by Crippen LogP contribution is -2.15. The minimum Gasteiger partial charge on any atom is -0.213 e. The van der Waals surface area contributed by atoms with E-state index in [0.717, 1.165) is 14.8 Å². The Kier molecular flexibility index (Phi) is 3.18. The van der Waals surface area contributed by atoms with E-state index in [1.807, 2.05) is 0 Å². The molecule has 13 heavy (non-hydrogen) atoms. The van der Waals surface area contributed by atoms with Gasteiger partial charge in [0.1, 0.15) is 5.82 Å². The molecular formula is C9H13IN2S. The first kappa shape index (κ1) is 9.83. The average molecular weight is 308 g/mol. The molecule has 0 amide bonds. The van der Waals surface area contributed by atoms with E-state index in [2.05, 4.69) is 38.9 Å². The van der Waals surface area contributed by atoms with Crippen molar-refractivity contribution in [2.75, 3.05) is 0 Å². The van der Waals surface area contributed by atoms with Crippen molar-refractivity contribution in [3.8, 4) is 0 Å². The largest absolute Gasteiger partial charge is 0.213 e. The van der Waals surface area contributed by atoms with Gasteiger partial charge in [-0.3, -0.25) is 0 Å². The fraction of sp³-hybridized carbons (Fsp3) is 0.778. The fourth-order valence-electron chi connectivity index (χ4n) is 2.07. The van der Waals surface area contributed by atoms with Crippen molar-refractivity contribution < 1.29 is 0 Å². The fourth-order valence-corrected chi connectivity index (χ4v) is 3.09. The number of aromatic nitrogens is 2. The quantitative estimate of drug-likeness (QED) is 0.743. The number of nitrogens with zero attached hydrogens (tertiary/aromatic N) is 2. The summed E-state index contributed by atoms with van der Waals surface area (Å²) in [6, 6.07) is 0. The van der Waals surface area contributed by atoms with Crippen LogP contribution in [0.5, 0.6) is 0 Å². The van der Waals surface area contributed by atoms with E-state index in [0.29, 0.717) is 5.92 Å². The van der Waals surface area contributed by atoms with Gasteiger partial charge in [-0.05, 0) is 46.5 Å². The summed E-state index contributed by atoms with van der Waals surface area (Å²) in [5.74, 6) is 2.51. The average Bonchev–Trinajstić information content (AvgIpc) is 2.53. The number of rotatable bonds is 1. The van der Waals surface area contributed by atoms with Crippen molar-refractivity contribution in [3.05, 3.63) is 8.84 Å². The van der Waals surface area contributed by atoms with Crippen LogP contribution in [0.3, 0.4) is 0 Å². The standard InChI is InChI=1S/C9H13IN2S/c1-6-4-2-3-5-7(6)8-11-9(10)13-12-8/h6-7H,2-5H2,1H3. The number of hydrogen-bond acceptors (Lipinski definition) is 3. The maximum atomic E-state index is 4.48. The highest BCUT2D eigenvalue weighted by Crippen LogP contribution is 2.36. The van der Waals surface area contributed by atoms with Crippen molar-refractivity contribution in [1.29, 1.82) is 0 Å². The lowest BCUT2D eigenvalue weighted by atomic mass is 9.80. The summed E-state index contributed by atoms with van der Waals surface area (Å²) in [6.45, 7) is 2.33. The zero-order valence-electron chi connectivity index (χ0n) is 7.66. The molecule has 0 aliphatic heterocycles. The molecule has 1 heterocycles. The van der Waals surface area contributed by atoms with Crippen molar-refractivity contribution in [2.24, 2.45) is 5.92 Å². The van der Waals surface area contributed by atoms with Gasteiger partial charge in [-0.15, -0.1) is 0 Å². The lowest BCUT2D eigenvalue weighted by Gasteiger charge is -2.26. The highest BCUT2D eigenvalue weighted by Gasteiger charge is 2.25. The predicted octanol–water partition coefficient (Wildman–Crippen LogP) is 3.44. The Labute approximate surface area is 96.5 Å². The Hall–Kier alpha value is 0.290. The van der Waals surface area contributed by atoms with Crippen LogP contribution in [0, 0.1) is 8.93 Å². The molecule has 0 saturated heterocycles. The molecular weight excluding hydrogens is 295 g/mol. The van der Waals surface area contributed by atoms with E-state index >= 15 is 0 Å². The number of halogens is 1. The Morgan fingerprint density at radius 2 is 2.15 bits per heavy atom. The first-order valence-electron chi connectivity index (χ1n) is 4.76. The van der Waals surface area contributed by atoms with Crippen LogP contribution in [-0.4, -0.2) is 9.36 Å². The molecule has 1 aliphatic carbocycles. The van der Waals surface area contributed by atoms with Gasteiger partial charge >= 0.3 is 0 Å². The van der Waals surface area contributed by atoms with Crippen molar-refractivity contribution in [2.45, 2.75) is 38.5 Å². The van der Waals surface area contributed by atoms with Crippen LogP contribution >= 0.6 is 34.1 Å². The summed E-state index contributed by atoms with van der Waals surface area (Å²) >= 11 is 3.77. The third kappa shape index (κ3) is 2.21.